The third kappa shape index (κ3) is 7.20. The maximum absolute atomic E-state index is 13.8. The number of likely N-dealkylation sites (N-methyl/N-ethyl adjacent to an activating group) is 1. The van der Waals surface area contributed by atoms with Crippen molar-refractivity contribution < 1.29 is 18.0 Å². The number of hydrogen-bond donors (Lipinski definition) is 1. The minimum atomic E-state index is -4.17. The van der Waals surface area contributed by atoms with Crippen molar-refractivity contribution in [3.8, 4) is 0 Å². The molecule has 202 valence electrons. The first-order chi connectivity index (χ1) is 17.9. The first kappa shape index (κ1) is 29.8. The lowest BCUT2D eigenvalue weighted by Gasteiger charge is -2.32. The number of amides is 2. The molecule has 0 radical (unpaired) electrons. The van der Waals surface area contributed by atoms with Gasteiger partial charge in [0.1, 0.15) is 12.6 Å². The zero-order chi connectivity index (χ0) is 28.0. The number of aryl methyl sites for hydroxylation is 1. The molecule has 0 heterocycles. The van der Waals surface area contributed by atoms with Crippen LogP contribution in [-0.4, -0.2) is 44.3 Å². The van der Waals surface area contributed by atoms with Crippen molar-refractivity contribution in [2.24, 2.45) is 0 Å². The van der Waals surface area contributed by atoms with Gasteiger partial charge in [-0.25, -0.2) is 8.42 Å². The van der Waals surface area contributed by atoms with E-state index in [1.165, 1.54) is 29.2 Å². The van der Waals surface area contributed by atoms with Crippen molar-refractivity contribution in [2.45, 2.75) is 38.3 Å². The standard InChI is InChI=1S/C27H28Cl3N3O4S/c1-4-31-27(35)19(3)32(16-20-7-14-24(29)25(30)15-20)26(34)17-33(22-10-5-18(2)6-11-22)38(36,37)23-12-8-21(28)9-13-23/h5-15,19H,4,16-17H2,1-3H3,(H,31,35)/t19-/m0/s1. The summed E-state index contributed by atoms with van der Waals surface area (Å²) in [6, 6.07) is 16.5. The molecular formula is C27H28Cl3N3O4S. The van der Waals surface area contributed by atoms with E-state index in [0.717, 1.165) is 9.87 Å². The van der Waals surface area contributed by atoms with Crippen LogP contribution in [0.4, 0.5) is 5.69 Å². The average molecular weight is 597 g/mol. The molecule has 2 amide bonds. The van der Waals surface area contributed by atoms with Gasteiger partial charge < -0.3 is 10.2 Å². The van der Waals surface area contributed by atoms with Crippen molar-refractivity contribution in [3.05, 3.63) is 92.9 Å². The Morgan fingerprint density at radius 2 is 1.55 bits per heavy atom. The summed E-state index contributed by atoms with van der Waals surface area (Å²) in [5.74, 6) is -0.948. The topological polar surface area (TPSA) is 86.8 Å². The van der Waals surface area contributed by atoms with E-state index < -0.39 is 28.5 Å². The molecule has 3 rings (SSSR count). The molecule has 11 heteroatoms. The number of carbonyl (C=O) groups excluding carboxylic acids is 2. The van der Waals surface area contributed by atoms with Crippen LogP contribution in [0.2, 0.25) is 15.1 Å². The van der Waals surface area contributed by atoms with Gasteiger partial charge >= 0.3 is 0 Å². The molecule has 0 bridgehead atoms. The molecule has 7 nitrogen and oxygen atoms in total. The number of nitrogens with zero attached hydrogens (tertiary/aromatic N) is 2. The van der Waals surface area contributed by atoms with E-state index in [0.29, 0.717) is 32.9 Å². The van der Waals surface area contributed by atoms with Gasteiger partial charge in [-0.2, -0.15) is 0 Å². The normalized spacial score (nSPS) is 12.1. The van der Waals surface area contributed by atoms with Gasteiger partial charge in [0, 0.05) is 18.1 Å². The molecule has 0 saturated carbocycles. The predicted molar refractivity (Wildman–Crippen MR) is 152 cm³/mol. The van der Waals surface area contributed by atoms with Crippen LogP contribution in [0.3, 0.4) is 0 Å². The van der Waals surface area contributed by atoms with Crippen LogP contribution in [0.15, 0.2) is 71.6 Å². The van der Waals surface area contributed by atoms with Crippen LogP contribution in [0, 0.1) is 6.92 Å². The molecule has 38 heavy (non-hydrogen) atoms. The number of benzene rings is 3. The maximum atomic E-state index is 13.8. The first-order valence-corrected chi connectivity index (χ1v) is 14.4. The van der Waals surface area contributed by atoms with Gasteiger partial charge in [0.25, 0.3) is 10.0 Å². The molecule has 0 spiro atoms. The summed E-state index contributed by atoms with van der Waals surface area (Å²) in [7, 11) is -4.17. The zero-order valence-electron chi connectivity index (χ0n) is 21.1. The number of sulfonamides is 1. The number of halogens is 3. The molecule has 0 aliphatic rings. The SMILES string of the molecule is CCNC(=O)[C@H](C)N(Cc1ccc(Cl)c(Cl)c1)C(=O)CN(c1ccc(C)cc1)S(=O)(=O)c1ccc(Cl)cc1. The largest absolute Gasteiger partial charge is 0.355 e. The zero-order valence-corrected chi connectivity index (χ0v) is 24.2. The van der Waals surface area contributed by atoms with Crippen LogP contribution in [0.1, 0.15) is 25.0 Å². The second-order valence-electron chi connectivity index (χ2n) is 8.64. The maximum Gasteiger partial charge on any atom is 0.264 e. The summed E-state index contributed by atoms with van der Waals surface area (Å²) in [5, 5.41) is 3.75. The summed E-state index contributed by atoms with van der Waals surface area (Å²) >= 11 is 18.2. The summed E-state index contributed by atoms with van der Waals surface area (Å²) < 4.78 is 28.5. The molecule has 0 unspecified atom stereocenters. The van der Waals surface area contributed by atoms with Gasteiger partial charge in [-0.05, 0) is 74.9 Å². The lowest BCUT2D eigenvalue weighted by atomic mass is 10.1. The minimum Gasteiger partial charge on any atom is -0.355 e. The van der Waals surface area contributed by atoms with Crippen molar-refractivity contribution in [3.63, 3.8) is 0 Å². The van der Waals surface area contributed by atoms with Crippen molar-refractivity contribution in [1.82, 2.24) is 10.2 Å². The molecule has 0 aromatic heterocycles. The monoisotopic (exact) mass is 595 g/mol. The molecule has 0 saturated heterocycles. The Morgan fingerprint density at radius 3 is 2.13 bits per heavy atom. The van der Waals surface area contributed by atoms with E-state index in [-0.39, 0.29) is 17.3 Å². The highest BCUT2D eigenvalue weighted by molar-refractivity contribution is 7.92. The number of hydrogen-bond acceptors (Lipinski definition) is 4. The third-order valence-electron chi connectivity index (χ3n) is 5.86. The fourth-order valence-electron chi connectivity index (χ4n) is 3.71. The van der Waals surface area contributed by atoms with E-state index in [2.05, 4.69) is 5.32 Å². The highest BCUT2D eigenvalue weighted by atomic mass is 35.5. The van der Waals surface area contributed by atoms with Crippen LogP contribution >= 0.6 is 34.8 Å². The van der Waals surface area contributed by atoms with Gasteiger partial charge in [0.2, 0.25) is 11.8 Å². The highest BCUT2D eigenvalue weighted by Crippen LogP contribution is 2.27. The fourth-order valence-corrected chi connectivity index (χ4v) is 5.57. The Hall–Kier alpha value is -2.78. The van der Waals surface area contributed by atoms with Gasteiger partial charge in [-0.15, -0.1) is 0 Å². The van der Waals surface area contributed by atoms with Gasteiger partial charge in [-0.1, -0.05) is 58.6 Å². The van der Waals surface area contributed by atoms with E-state index in [1.807, 2.05) is 6.92 Å². The second kappa shape index (κ2) is 12.8. The Kier molecular flexibility index (Phi) is 10.1. The molecular weight excluding hydrogens is 569 g/mol. The number of nitrogens with one attached hydrogen (secondary N) is 1. The highest BCUT2D eigenvalue weighted by Gasteiger charge is 2.32. The Balaban J connectivity index is 2.03. The molecule has 1 N–H and O–H groups in total. The summed E-state index contributed by atoms with van der Waals surface area (Å²) in [5.41, 5.74) is 1.86. The van der Waals surface area contributed by atoms with E-state index in [9.17, 15) is 18.0 Å². The lowest BCUT2D eigenvalue weighted by Crippen LogP contribution is -2.51. The summed E-state index contributed by atoms with van der Waals surface area (Å²) in [6.45, 7) is 5.08. The van der Waals surface area contributed by atoms with E-state index >= 15 is 0 Å². The molecule has 3 aromatic carbocycles. The van der Waals surface area contributed by atoms with Crippen LogP contribution in [0.5, 0.6) is 0 Å². The fraction of sp³-hybridized carbons (Fsp3) is 0.259. The van der Waals surface area contributed by atoms with E-state index in [4.69, 9.17) is 34.8 Å². The Morgan fingerprint density at radius 1 is 0.921 bits per heavy atom. The van der Waals surface area contributed by atoms with Crippen LogP contribution in [0.25, 0.3) is 0 Å². The minimum absolute atomic E-state index is 0.0107. The smallest absolute Gasteiger partial charge is 0.264 e. The lowest BCUT2D eigenvalue weighted by molar-refractivity contribution is -0.139. The van der Waals surface area contributed by atoms with Gasteiger partial charge in [0.15, 0.2) is 0 Å². The number of carbonyl (C=O) groups is 2. The molecule has 0 fully saturated rings. The van der Waals surface area contributed by atoms with Crippen molar-refractivity contribution >= 4 is 62.3 Å². The molecule has 3 aromatic rings. The number of rotatable bonds is 10. The predicted octanol–water partition coefficient (Wildman–Crippen LogP) is 5.70. The van der Waals surface area contributed by atoms with Crippen LogP contribution < -0.4 is 9.62 Å². The second-order valence-corrected chi connectivity index (χ2v) is 11.8. The quantitative estimate of drug-likeness (QED) is 0.325. The third-order valence-corrected chi connectivity index (χ3v) is 8.64. The molecule has 0 aliphatic heterocycles. The Labute approximate surface area is 238 Å². The molecule has 1 atom stereocenters. The average Bonchev–Trinajstić information content (AvgIpc) is 2.88. The van der Waals surface area contributed by atoms with E-state index in [1.54, 1.807) is 56.3 Å². The van der Waals surface area contributed by atoms with Gasteiger partial charge in [0.05, 0.1) is 20.6 Å². The first-order valence-electron chi connectivity index (χ1n) is 11.8. The molecule has 0 aliphatic carbocycles. The Bertz CT molecular complexity index is 1400. The number of anilines is 1. The van der Waals surface area contributed by atoms with Crippen molar-refractivity contribution in [1.29, 1.82) is 0 Å². The summed E-state index contributed by atoms with van der Waals surface area (Å²) in [6.07, 6.45) is 0. The summed E-state index contributed by atoms with van der Waals surface area (Å²) in [4.78, 5) is 27.8. The van der Waals surface area contributed by atoms with Crippen LogP contribution in [-0.2, 0) is 26.2 Å². The van der Waals surface area contributed by atoms with Crippen molar-refractivity contribution in [2.75, 3.05) is 17.4 Å². The van der Waals surface area contributed by atoms with Gasteiger partial charge in [-0.3, -0.25) is 13.9 Å².